The van der Waals surface area contributed by atoms with Gasteiger partial charge in [0.2, 0.25) is 0 Å². The molecule has 0 fully saturated rings. The molecule has 0 bridgehead atoms. The molecule has 0 spiro atoms. The number of aromatic nitrogens is 1. The van der Waals surface area contributed by atoms with Crippen LogP contribution in [0.5, 0.6) is 0 Å². The van der Waals surface area contributed by atoms with Crippen LogP contribution in [0.15, 0.2) is 89.1 Å². The van der Waals surface area contributed by atoms with E-state index in [0.717, 1.165) is 0 Å². The minimum Gasteiger partial charge on any atom is -0.759 e. The molecule has 0 saturated carbocycles. The average molecular weight is 551 g/mol. The predicted molar refractivity (Wildman–Crippen MR) is 127 cm³/mol. The second-order valence-electron chi connectivity index (χ2n) is 6.82. The van der Waals surface area contributed by atoms with Gasteiger partial charge in [-0.05, 0) is 50.2 Å². The van der Waals surface area contributed by atoms with Gasteiger partial charge in [-0.3, -0.25) is 18.0 Å². The average Bonchev–Trinajstić information content (AvgIpc) is 2.85. The molecule has 3 rings (SSSR count). The van der Waals surface area contributed by atoms with Gasteiger partial charge >= 0.3 is 17.1 Å². The van der Waals surface area contributed by atoms with Gasteiger partial charge in [0.05, 0.1) is 22.8 Å². The Bertz CT molecular complexity index is 1240. The van der Waals surface area contributed by atoms with Crippen LogP contribution in [-0.4, -0.2) is 45.7 Å². The van der Waals surface area contributed by atoms with Gasteiger partial charge in [0.1, 0.15) is 0 Å². The SMILES string of the molecule is C/C(=N\NC(=O)c1ccccc1)c1cccc(/C(C)=N/NC(=O)c2ccccc2)n1.O=S(=O)([O-])[O-].[Fe+2]. The number of amides is 2. The van der Waals surface area contributed by atoms with Gasteiger partial charge in [-0.1, -0.05) is 42.5 Å². The zero-order valence-electron chi connectivity index (χ0n) is 19.1. The van der Waals surface area contributed by atoms with Crippen molar-refractivity contribution in [1.29, 1.82) is 0 Å². The maximum absolute atomic E-state index is 12.1. The monoisotopic (exact) mass is 551 g/mol. The summed E-state index contributed by atoms with van der Waals surface area (Å²) < 4.78 is 34.1. The van der Waals surface area contributed by atoms with Gasteiger partial charge in [-0.25, -0.2) is 15.8 Å². The minimum absolute atomic E-state index is 0. The first kappa shape index (κ1) is 30.3. The summed E-state index contributed by atoms with van der Waals surface area (Å²) in [4.78, 5) is 28.8. The number of hydrogen-bond acceptors (Lipinski definition) is 9. The molecule has 0 atom stereocenters. The summed E-state index contributed by atoms with van der Waals surface area (Å²) in [5.74, 6) is -0.597. The topological polar surface area (TPSA) is 176 Å². The number of carbonyl (C=O) groups excluding carboxylic acids is 2. The van der Waals surface area contributed by atoms with Gasteiger partial charge < -0.3 is 9.11 Å². The van der Waals surface area contributed by atoms with Crippen molar-refractivity contribution >= 4 is 33.6 Å². The molecule has 2 amide bonds. The van der Waals surface area contributed by atoms with Crippen LogP contribution in [0.25, 0.3) is 0 Å². The Kier molecular flexibility index (Phi) is 12.3. The molecule has 13 heteroatoms. The number of nitrogens with one attached hydrogen (secondary N) is 2. The minimum atomic E-state index is -5.17. The summed E-state index contributed by atoms with van der Waals surface area (Å²) >= 11 is 0. The molecule has 1 aromatic heterocycles. The summed E-state index contributed by atoms with van der Waals surface area (Å²) in [5.41, 5.74) is 8.36. The van der Waals surface area contributed by atoms with Gasteiger partial charge in [0, 0.05) is 21.5 Å². The molecule has 0 saturated heterocycles. The fourth-order valence-corrected chi connectivity index (χ4v) is 2.53. The van der Waals surface area contributed by atoms with Gasteiger partial charge in [0.15, 0.2) is 0 Å². The molecule has 0 unspecified atom stereocenters. The van der Waals surface area contributed by atoms with Gasteiger partial charge in [-0.2, -0.15) is 10.2 Å². The van der Waals surface area contributed by atoms with Crippen LogP contribution >= 0.6 is 0 Å². The van der Waals surface area contributed by atoms with E-state index in [1.807, 2.05) is 18.2 Å². The summed E-state index contributed by atoms with van der Waals surface area (Å²) in [5, 5.41) is 8.26. The van der Waals surface area contributed by atoms with Crippen molar-refractivity contribution in [2.45, 2.75) is 13.8 Å². The number of hydrazone groups is 2. The van der Waals surface area contributed by atoms with Gasteiger partial charge in [0.25, 0.3) is 11.8 Å². The van der Waals surface area contributed by atoms with Crippen molar-refractivity contribution in [3.8, 4) is 0 Å². The van der Waals surface area contributed by atoms with E-state index in [9.17, 15) is 9.59 Å². The van der Waals surface area contributed by atoms with E-state index < -0.39 is 10.4 Å². The Morgan fingerprint density at radius 2 is 1.03 bits per heavy atom. The second kappa shape index (κ2) is 14.6. The molecule has 1 heterocycles. The third kappa shape index (κ3) is 11.1. The van der Waals surface area contributed by atoms with E-state index >= 15 is 0 Å². The Morgan fingerprint density at radius 1 is 0.694 bits per heavy atom. The second-order valence-corrected chi connectivity index (χ2v) is 7.64. The van der Waals surface area contributed by atoms with Gasteiger partial charge in [-0.15, -0.1) is 0 Å². The van der Waals surface area contributed by atoms with E-state index in [0.29, 0.717) is 33.9 Å². The number of nitrogens with zero attached hydrogens (tertiary/aromatic N) is 3. The molecule has 0 aliphatic rings. The van der Waals surface area contributed by atoms with Crippen molar-refractivity contribution < 1.29 is 44.2 Å². The summed E-state index contributed by atoms with van der Waals surface area (Å²) in [7, 11) is -5.17. The van der Waals surface area contributed by atoms with Crippen LogP contribution in [0.4, 0.5) is 0 Å². The van der Waals surface area contributed by atoms with Crippen LogP contribution in [0.3, 0.4) is 0 Å². The number of benzene rings is 2. The molecule has 0 radical (unpaired) electrons. The molecular formula is C23H21FeN5O6S. The fourth-order valence-electron chi connectivity index (χ4n) is 2.53. The molecule has 3 aromatic rings. The molecule has 2 aromatic carbocycles. The zero-order chi connectivity index (χ0) is 25.8. The van der Waals surface area contributed by atoms with Crippen molar-refractivity contribution in [3.05, 3.63) is 101 Å². The Labute approximate surface area is 218 Å². The first-order valence-electron chi connectivity index (χ1n) is 9.98. The van der Waals surface area contributed by atoms with Crippen LogP contribution in [0, 0.1) is 0 Å². The van der Waals surface area contributed by atoms with E-state index in [2.05, 4.69) is 26.0 Å². The predicted octanol–water partition coefficient (Wildman–Crippen LogP) is 2.05. The number of carbonyl (C=O) groups is 2. The van der Waals surface area contributed by atoms with Crippen LogP contribution in [-0.2, 0) is 27.5 Å². The smallest absolute Gasteiger partial charge is 0.759 e. The van der Waals surface area contributed by atoms with Crippen molar-refractivity contribution in [2.75, 3.05) is 0 Å². The number of hydrogen-bond donors (Lipinski definition) is 2. The molecule has 188 valence electrons. The van der Waals surface area contributed by atoms with Crippen molar-refractivity contribution in [3.63, 3.8) is 0 Å². The van der Waals surface area contributed by atoms with Crippen LogP contribution in [0.1, 0.15) is 46.0 Å². The molecule has 11 nitrogen and oxygen atoms in total. The summed E-state index contributed by atoms with van der Waals surface area (Å²) in [6.45, 7) is 3.50. The maximum Gasteiger partial charge on any atom is 2.00 e. The zero-order valence-corrected chi connectivity index (χ0v) is 21.0. The number of rotatable bonds is 6. The Hall–Kier alpha value is -3.74. The van der Waals surface area contributed by atoms with E-state index in [1.54, 1.807) is 74.5 Å². The summed E-state index contributed by atoms with van der Waals surface area (Å²) in [6.07, 6.45) is 0. The standard InChI is InChI=1S/C23H21N5O2.Fe.H2O4S/c1-16(25-27-22(29)18-10-5-3-6-11-18)20-14-9-15-21(24-20)17(2)26-28-23(30)19-12-7-4-8-13-19;;1-5(2,3)4/h3-15H,1-2H3,(H,27,29)(H,28,30);;(H2,1,2,3,4)/q;+2;/p-2/b25-16+,26-17+;;. The third-order valence-electron chi connectivity index (χ3n) is 4.21. The Morgan fingerprint density at radius 3 is 1.36 bits per heavy atom. The van der Waals surface area contributed by atoms with Crippen LogP contribution in [0.2, 0.25) is 0 Å². The first-order chi connectivity index (χ1) is 16.5. The first-order valence-corrected chi connectivity index (χ1v) is 11.3. The largest absolute Gasteiger partial charge is 2.00 e. The van der Waals surface area contributed by atoms with E-state index in [1.165, 1.54) is 0 Å². The number of pyridine rings is 1. The molecule has 36 heavy (non-hydrogen) atoms. The molecular weight excluding hydrogens is 530 g/mol. The fraction of sp³-hybridized carbons (Fsp3) is 0.0870. The molecule has 0 aliphatic carbocycles. The van der Waals surface area contributed by atoms with E-state index in [4.69, 9.17) is 17.5 Å². The molecule has 0 aliphatic heterocycles. The molecule has 2 N–H and O–H groups in total. The third-order valence-corrected chi connectivity index (χ3v) is 4.21. The maximum atomic E-state index is 12.1. The van der Waals surface area contributed by atoms with Crippen molar-refractivity contribution in [2.24, 2.45) is 10.2 Å². The van der Waals surface area contributed by atoms with Crippen LogP contribution < -0.4 is 10.9 Å². The van der Waals surface area contributed by atoms with Crippen molar-refractivity contribution in [1.82, 2.24) is 15.8 Å². The normalized spacial score (nSPS) is 11.3. The quantitative estimate of drug-likeness (QED) is 0.155. The Balaban J connectivity index is 0.000000983. The van der Waals surface area contributed by atoms with E-state index in [-0.39, 0.29) is 28.9 Å². The summed E-state index contributed by atoms with van der Waals surface area (Å²) in [6, 6.07) is 23.1.